The Labute approximate surface area is 121 Å². The lowest BCUT2D eigenvalue weighted by Gasteiger charge is -2.23. The number of aryl methyl sites for hydroxylation is 2. The van der Waals surface area contributed by atoms with E-state index in [9.17, 15) is 4.79 Å². The first-order valence-electron chi connectivity index (χ1n) is 7.92. The summed E-state index contributed by atoms with van der Waals surface area (Å²) in [6, 6.07) is 6.96. The minimum absolute atomic E-state index is 0.174. The Morgan fingerprint density at radius 3 is 2.70 bits per heavy atom. The molecular weight excluding hydrogens is 248 g/mol. The van der Waals surface area contributed by atoms with Crippen molar-refractivity contribution in [2.75, 3.05) is 13.1 Å². The van der Waals surface area contributed by atoms with E-state index >= 15 is 0 Å². The van der Waals surface area contributed by atoms with Crippen LogP contribution in [0.1, 0.15) is 42.4 Å². The second-order valence-corrected chi connectivity index (χ2v) is 6.08. The minimum Gasteiger partial charge on any atom is -0.353 e. The number of carbonyl (C=O) groups is 1. The molecule has 3 heteroatoms. The van der Waals surface area contributed by atoms with Gasteiger partial charge in [-0.25, -0.2) is 0 Å². The lowest BCUT2D eigenvalue weighted by molar-refractivity contribution is -0.121. The molecule has 0 radical (unpaired) electrons. The largest absolute Gasteiger partial charge is 0.353 e. The standard InChI is InChI=1S/C17H24N2O/c20-17(19-16-7-9-18-10-8-16)12-13-5-6-14-3-1-2-4-15(14)11-13/h5-6,11,16,18H,1-4,7-10,12H2,(H,19,20). The molecule has 0 bridgehead atoms. The summed E-state index contributed by atoms with van der Waals surface area (Å²) >= 11 is 0. The predicted octanol–water partition coefficient (Wildman–Crippen LogP) is 1.98. The zero-order chi connectivity index (χ0) is 13.8. The summed E-state index contributed by atoms with van der Waals surface area (Å²) in [6.45, 7) is 2.04. The van der Waals surface area contributed by atoms with Crippen LogP contribution in [-0.4, -0.2) is 25.0 Å². The van der Waals surface area contributed by atoms with Crippen molar-refractivity contribution in [3.63, 3.8) is 0 Å². The number of piperidine rings is 1. The second kappa shape index (κ2) is 6.40. The van der Waals surface area contributed by atoms with Crippen LogP contribution in [0.3, 0.4) is 0 Å². The van der Waals surface area contributed by atoms with Crippen LogP contribution in [0.5, 0.6) is 0 Å². The van der Waals surface area contributed by atoms with Crippen molar-refractivity contribution in [2.24, 2.45) is 0 Å². The highest BCUT2D eigenvalue weighted by atomic mass is 16.1. The fourth-order valence-corrected chi connectivity index (χ4v) is 3.33. The van der Waals surface area contributed by atoms with E-state index in [2.05, 4.69) is 28.8 Å². The molecule has 1 aliphatic heterocycles. The van der Waals surface area contributed by atoms with Gasteiger partial charge in [-0.15, -0.1) is 0 Å². The van der Waals surface area contributed by atoms with Crippen molar-refractivity contribution < 1.29 is 4.79 Å². The zero-order valence-corrected chi connectivity index (χ0v) is 12.1. The number of rotatable bonds is 3. The van der Waals surface area contributed by atoms with E-state index in [0.29, 0.717) is 12.5 Å². The Morgan fingerprint density at radius 1 is 1.15 bits per heavy atom. The Balaban J connectivity index is 1.58. The molecule has 1 heterocycles. The molecule has 20 heavy (non-hydrogen) atoms. The monoisotopic (exact) mass is 272 g/mol. The van der Waals surface area contributed by atoms with Crippen LogP contribution in [0.2, 0.25) is 0 Å². The molecule has 3 nitrogen and oxygen atoms in total. The molecule has 1 saturated heterocycles. The van der Waals surface area contributed by atoms with E-state index in [-0.39, 0.29) is 5.91 Å². The van der Waals surface area contributed by atoms with E-state index in [0.717, 1.165) is 31.5 Å². The highest BCUT2D eigenvalue weighted by molar-refractivity contribution is 5.79. The first kappa shape index (κ1) is 13.6. The van der Waals surface area contributed by atoms with Crippen molar-refractivity contribution in [1.29, 1.82) is 0 Å². The molecule has 0 aromatic heterocycles. The number of nitrogens with one attached hydrogen (secondary N) is 2. The maximum absolute atomic E-state index is 12.1. The van der Waals surface area contributed by atoms with Crippen LogP contribution < -0.4 is 10.6 Å². The average molecular weight is 272 g/mol. The quantitative estimate of drug-likeness (QED) is 0.883. The number of fused-ring (bicyclic) bond motifs is 1. The highest BCUT2D eigenvalue weighted by Gasteiger charge is 2.16. The number of carbonyl (C=O) groups excluding carboxylic acids is 1. The van der Waals surface area contributed by atoms with E-state index < -0.39 is 0 Å². The predicted molar refractivity (Wildman–Crippen MR) is 80.8 cm³/mol. The highest BCUT2D eigenvalue weighted by Crippen LogP contribution is 2.22. The lowest BCUT2D eigenvalue weighted by atomic mass is 9.90. The van der Waals surface area contributed by atoms with Gasteiger partial charge in [-0.1, -0.05) is 18.2 Å². The van der Waals surface area contributed by atoms with Gasteiger partial charge in [-0.3, -0.25) is 4.79 Å². The number of hydrogen-bond acceptors (Lipinski definition) is 2. The van der Waals surface area contributed by atoms with Gasteiger partial charge in [0, 0.05) is 6.04 Å². The molecule has 2 N–H and O–H groups in total. The normalized spacial score (nSPS) is 19.4. The molecular formula is C17H24N2O. The molecule has 0 unspecified atom stereocenters. The van der Waals surface area contributed by atoms with Crippen LogP contribution in [0, 0.1) is 0 Å². The van der Waals surface area contributed by atoms with Crippen LogP contribution in [0.15, 0.2) is 18.2 Å². The fourth-order valence-electron chi connectivity index (χ4n) is 3.33. The number of hydrogen-bond donors (Lipinski definition) is 2. The lowest BCUT2D eigenvalue weighted by Crippen LogP contribution is -2.43. The Bertz CT molecular complexity index is 478. The van der Waals surface area contributed by atoms with E-state index in [4.69, 9.17) is 0 Å². The summed E-state index contributed by atoms with van der Waals surface area (Å²) in [5.41, 5.74) is 4.11. The molecule has 1 aliphatic carbocycles. The molecule has 2 aliphatic rings. The third-order valence-corrected chi connectivity index (χ3v) is 4.48. The van der Waals surface area contributed by atoms with Gasteiger partial charge in [0.1, 0.15) is 0 Å². The molecule has 0 spiro atoms. The summed E-state index contributed by atoms with van der Waals surface area (Å²) in [5, 5.41) is 6.49. The Hall–Kier alpha value is -1.35. The fraction of sp³-hybridized carbons (Fsp3) is 0.588. The minimum atomic E-state index is 0.174. The molecule has 1 aromatic rings. The summed E-state index contributed by atoms with van der Waals surface area (Å²) in [4.78, 5) is 12.1. The van der Waals surface area contributed by atoms with Crippen LogP contribution in [0.4, 0.5) is 0 Å². The Morgan fingerprint density at radius 2 is 1.90 bits per heavy atom. The van der Waals surface area contributed by atoms with Gasteiger partial charge in [-0.05, 0) is 68.3 Å². The first-order chi connectivity index (χ1) is 9.81. The van der Waals surface area contributed by atoms with Crippen molar-refractivity contribution >= 4 is 5.91 Å². The van der Waals surface area contributed by atoms with Crippen molar-refractivity contribution in [3.05, 3.63) is 34.9 Å². The molecule has 108 valence electrons. The van der Waals surface area contributed by atoms with Crippen molar-refractivity contribution in [1.82, 2.24) is 10.6 Å². The Kier molecular flexibility index (Phi) is 4.36. The van der Waals surface area contributed by atoms with Gasteiger partial charge >= 0.3 is 0 Å². The van der Waals surface area contributed by atoms with E-state index in [1.807, 2.05) is 0 Å². The maximum Gasteiger partial charge on any atom is 0.224 e. The van der Waals surface area contributed by atoms with Gasteiger partial charge in [-0.2, -0.15) is 0 Å². The third-order valence-electron chi connectivity index (χ3n) is 4.48. The van der Waals surface area contributed by atoms with Gasteiger partial charge < -0.3 is 10.6 Å². The average Bonchev–Trinajstić information content (AvgIpc) is 2.48. The molecule has 1 fully saturated rings. The van der Waals surface area contributed by atoms with Gasteiger partial charge in [0.2, 0.25) is 5.91 Å². The molecule has 1 aromatic carbocycles. The first-order valence-corrected chi connectivity index (χ1v) is 7.92. The maximum atomic E-state index is 12.1. The molecule has 0 saturated carbocycles. The summed E-state index contributed by atoms with van der Waals surface area (Å²) in [7, 11) is 0. The van der Waals surface area contributed by atoms with Crippen LogP contribution in [-0.2, 0) is 24.1 Å². The molecule has 1 amide bonds. The van der Waals surface area contributed by atoms with Gasteiger partial charge in [0.15, 0.2) is 0 Å². The second-order valence-electron chi connectivity index (χ2n) is 6.08. The van der Waals surface area contributed by atoms with E-state index in [1.54, 1.807) is 0 Å². The summed E-state index contributed by atoms with van der Waals surface area (Å²) in [5.74, 6) is 0.174. The van der Waals surface area contributed by atoms with Crippen molar-refractivity contribution in [3.8, 4) is 0 Å². The van der Waals surface area contributed by atoms with Crippen LogP contribution >= 0.6 is 0 Å². The van der Waals surface area contributed by atoms with Crippen LogP contribution in [0.25, 0.3) is 0 Å². The number of benzene rings is 1. The van der Waals surface area contributed by atoms with Gasteiger partial charge in [0.05, 0.1) is 6.42 Å². The summed E-state index contributed by atoms with van der Waals surface area (Å²) in [6.07, 6.45) is 7.61. The van der Waals surface area contributed by atoms with Gasteiger partial charge in [0.25, 0.3) is 0 Å². The summed E-state index contributed by atoms with van der Waals surface area (Å²) < 4.78 is 0. The molecule has 3 rings (SSSR count). The van der Waals surface area contributed by atoms with E-state index in [1.165, 1.54) is 36.8 Å². The molecule has 0 atom stereocenters. The smallest absolute Gasteiger partial charge is 0.224 e. The topological polar surface area (TPSA) is 41.1 Å². The SMILES string of the molecule is O=C(Cc1ccc2c(c1)CCCC2)NC1CCNCC1. The van der Waals surface area contributed by atoms with Crippen molar-refractivity contribution in [2.45, 2.75) is 51.0 Å². The number of amides is 1. The zero-order valence-electron chi connectivity index (χ0n) is 12.1. The third kappa shape index (κ3) is 3.40.